The van der Waals surface area contributed by atoms with Crippen LogP contribution in [-0.4, -0.2) is 0 Å². The fourth-order valence-corrected chi connectivity index (χ4v) is 0.607. The molecule has 0 spiro atoms. The van der Waals surface area contributed by atoms with E-state index in [9.17, 15) is 0 Å². The van der Waals surface area contributed by atoms with Gasteiger partial charge in [0.25, 0.3) is 0 Å². The Morgan fingerprint density at radius 3 is 2.44 bits per heavy atom. The van der Waals surface area contributed by atoms with Gasteiger partial charge in [-0.15, -0.1) is 0 Å². The van der Waals surface area contributed by atoms with Crippen LogP contribution in [0.25, 0.3) is 0 Å². The Labute approximate surface area is 62.2 Å². The van der Waals surface area contributed by atoms with Crippen molar-refractivity contribution in [3.05, 3.63) is 22.8 Å². The van der Waals surface area contributed by atoms with E-state index in [2.05, 4.69) is 13.8 Å². The molecule has 0 aromatic heterocycles. The van der Waals surface area contributed by atoms with Gasteiger partial charge in [0.1, 0.15) is 0 Å². The third kappa shape index (κ3) is 4.28. The lowest BCUT2D eigenvalue weighted by Crippen LogP contribution is -1.70. The Kier molecular flexibility index (Phi) is 4.51. The van der Waals surface area contributed by atoms with Crippen LogP contribution in [0.5, 0.6) is 0 Å². The van der Waals surface area contributed by atoms with Crippen molar-refractivity contribution in [2.24, 2.45) is 0 Å². The maximum atomic E-state index is 5.72. The number of hydrogen-bond acceptors (Lipinski definition) is 0. The fourth-order valence-electron chi connectivity index (χ4n) is 0.421. The Morgan fingerprint density at radius 1 is 1.56 bits per heavy atom. The molecule has 0 aliphatic rings. The van der Waals surface area contributed by atoms with Crippen molar-refractivity contribution < 1.29 is 0 Å². The molecule has 9 heavy (non-hydrogen) atoms. The zero-order valence-electron chi connectivity index (χ0n) is 6.24. The Bertz CT molecular complexity index is 132. The Balaban J connectivity index is 3.95. The van der Waals surface area contributed by atoms with Crippen LogP contribution in [0.1, 0.15) is 27.2 Å². The van der Waals surface area contributed by atoms with E-state index in [1.165, 1.54) is 5.57 Å². The van der Waals surface area contributed by atoms with E-state index in [1.54, 1.807) is 0 Å². The fraction of sp³-hybridized carbons (Fsp3) is 0.500. The van der Waals surface area contributed by atoms with Crippen LogP contribution < -0.4 is 0 Å². The maximum absolute atomic E-state index is 5.72. The van der Waals surface area contributed by atoms with Crippen LogP contribution >= 0.6 is 11.6 Å². The Morgan fingerprint density at radius 2 is 2.11 bits per heavy atom. The predicted octanol–water partition coefficient (Wildman–Crippen LogP) is 3.49. The summed E-state index contributed by atoms with van der Waals surface area (Å²) in [6, 6.07) is 0. The highest BCUT2D eigenvalue weighted by molar-refractivity contribution is 6.31. The van der Waals surface area contributed by atoms with Crippen LogP contribution in [-0.2, 0) is 0 Å². The molecule has 52 valence electrons. The van der Waals surface area contributed by atoms with Crippen molar-refractivity contribution >= 4 is 11.6 Å². The molecule has 0 bridgehead atoms. The molecule has 0 atom stereocenters. The first kappa shape index (κ1) is 8.77. The van der Waals surface area contributed by atoms with E-state index in [-0.39, 0.29) is 0 Å². The lowest BCUT2D eigenvalue weighted by molar-refractivity contribution is 1.10. The molecular weight excluding hydrogens is 132 g/mol. The summed E-state index contributed by atoms with van der Waals surface area (Å²) in [5.41, 5.74) is 1.32. The first-order valence-electron chi connectivity index (χ1n) is 3.19. The average Bonchev–Trinajstić information content (AvgIpc) is 1.87. The standard InChI is InChI=1S/C8H13Cl/c1-4-7(3)6-8(9)5-2/h5-6H,4H2,1-3H3/b7-6-,8-5+. The second-order valence-corrected chi connectivity index (χ2v) is 2.45. The van der Waals surface area contributed by atoms with Gasteiger partial charge in [0, 0.05) is 5.03 Å². The zero-order valence-corrected chi connectivity index (χ0v) is 7.00. The van der Waals surface area contributed by atoms with E-state index in [0.717, 1.165) is 11.5 Å². The lowest BCUT2D eigenvalue weighted by Gasteiger charge is -1.91. The molecule has 0 N–H and O–H groups in total. The second kappa shape index (κ2) is 4.63. The largest absolute Gasteiger partial charge is 0.0847 e. The van der Waals surface area contributed by atoms with Gasteiger partial charge in [-0.1, -0.05) is 30.2 Å². The summed E-state index contributed by atoms with van der Waals surface area (Å²) in [6.07, 6.45) is 4.95. The van der Waals surface area contributed by atoms with Crippen LogP contribution in [0.3, 0.4) is 0 Å². The molecule has 0 rings (SSSR count). The zero-order chi connectivity index (χ0) is 7.28. The molecule has 1 heteroatoms. The summed E-state index contributed by atoms with van der Waals surface area (Å²) in [5, 5.41) is 0.828. The normalized spacial score (nSPS) is 14.2. The summed E-state index contributed by atoms with van der Waals surface area (Å²) < 4.78 is 0. The van der Waals surface area contributed by atoms with Crippen molar-refractivity contribution in [2.45, 2.75) is 27.2 Å². The van der Waals surface area contributed by atoms with E-state index >= 15 is 0 Å². The van der Waals surface area contributed by atoms with Crippen LogP contribution in [0.4, 0.5) is 0 Å². The topological polar surface area (TPSA) is 0 Å². The van der Waals surface area contributed by atoms with Crippen LogP contribution in [0.15, 0.2) is 22.8 Å². The van der Waals surface area contributed by atoms with Gasteiger partial charge in [0.05, 0.1) is 0 Å². The van der Waals surface area contributed by atoms with E-state index in [4.69, 9.17) is 11.6 Å². The van der Waals surface area contributed by atoms with E-state index < -0.39 is 0 Å². The molecule has 0 radical (unpaired) electrons. The summed E-state index contributed by atoms with van der Waals surface area (Å²) >= 11 is 5.72. The number of rotatable bonds is 2. The Hall–Kier alpha value is -0.230. The molecule has 0 aromatic carbocycles. The highest BCUT2D eigenvalue weighted by Gasteiger charge is 1.84. The van der Waals surface area contributed by atoms with Crippen molar-refractivity contribution in [3.63, 3.8) is 0 Å². The summed E-state index contributed by atoms with van der Waals surface area (Å²) in [7, 11) is 0. The molecule has 0 amide bonds. The average molecular weight is 145 g/mol. The highest BCUT2D eigenvalue weighted by Crippen LogP contribution is 2.08. The van der Waals surface area contributed by atoms with Gasteiger partial charge in [0.15, 0.2) is 0 Å². The van der Waals surface area contributed by atoms with E-state index in [1.807, 2.05) is 19.1 Å². The highest BCUT2D eigenvalue weighted by atomic mass is 35.5. The molecular formula is C8H13Cl. The summed E-state index contributed by atoms with van der Waals surface area (Å²) in [6.45, 7) is 6.12. The first-order valence-corrected chi connectivity index (χ1v) is 3.57. The molecule has 0 aliphatic carbocycles. The van der Waals surface area contributed by atoms with Gasteiger partial charge in [-0.25, -0.2) is 0 Å². The van der Waals surface area contributed by atoms with Gasteiger partial charge in [-0.2, -0.15) is 0 Å². The quantitative estimate of drug-likeness (QED) is 0.521. The van der Waals surface area contributed by atoms with Gasteiger partial charge in [-0.3, -0.25) is 0 Å². The van der Waals surface area contributed by atoms with Gasteiger partial charge in [0.2, 0.25) is 0 Å². The predicted molar refractivity (Wildman–Crippen MR) is 43.7 cm³/mol. The summed E-state index contributed by atoms with van der Waals surface area (Å²) in [4.78, 5) is 0. The number of halogens is 1. The molecule has 0 aliphatic heterocycles. The summed E-state index contributed by atoms with van der Waals surface area (Å²) in [5.74, 6) is 0. The van der Waals surface area contributed by atoms with Gasteiger partial charge in [-0.05, 0) is 26.3 Å². The van der Waals surface area contributed by atoms with Crippen molar-refractivity contribution in [2.75, 3.05) is 0 Å². The molecule has 0 nitrogen and oxygen atoms in total. The molecule has 0 fully saturated rings. The minimum atomic E-state index is 0.828. The minimum Gasteiger partial charge on any atom is -0.0847 e. The maximum Gasteiger partial charge on any atom is 0.0362 e. The number of allylic oxidation sites excluding steroid dienone is 4. The van der Waals surface area contributed by atoms with Crippen molar-refractivity contribution in [3.8, 4) is 0 Å². The molecule has 0 aromatic rings. The lowest BCUT2D eigenvalue weighted by atomic mass is 10.2. The van der Waals surface area contributed by atoms with Crippen molar-refractivity contribution in [1.29, 1.82) is 0 Å². The molecule has 0 heterocycles. The van der Waals surface area contributed by atoms with Crippen LogP contribution in [0.2, 0.25) is 0 Å². The SMILES string of the molecule is C/C=C(Cl)\C=C(\C)CC. The van der Waals surface area contributed by atoms with Crippen LogP contribution in [0, 0.1) is 0 Å². The third-order valence-corrected chi connectivity index (χ3v) is 1.55. The second-order valence-electron chi connectivity index (χ2n) is 2.02. The first-order chi connectivity index (χ1) is 4.20. The molecule has 0 saturated carbocycles. The smallest absolute Gasteiger partial charge is 0.0362 e. The van der Waals surface area contributed by atoms with Gasteiger partial charge < -0.3 is 0 Å². The monoisotopic (exact) mass is 144 g/mol. The minimum absolute atomic E-state index is 0.828. The van der Waals surface area contributed by atoms with E-state index in [0.29, 0.717) is 0 Å². The molecule has 0 saturated heterocycles. The third-order valence-electron chi connectivity index (χ3n) is 1.22. The van der Waals surface area contributed by atoms with Crippen molar-refractivity contribution in [1.82, 2.24) is 0 Å². The van der Waals surface area contributed by atoms with Gasteiger partial charge >= 0.3 is 0 Å². The number of hydrogen-bond donors (Lipinski definition) is 0. The molecule has 0 unspecified atom stereocenters.